The molecule has 0 aromatic heterocycles. The number of rotatable bonds is 2. The van der Waals surface area contributed by atoms with Crippen LogP contribution < -0.4 is 0 Å². The molecule has 0 amide bonds. The molecule has 0 aromatic carbocycles. The van der Waals surface area contributed by atoms with E-state index in [1.165, 1.54) is 25.4 Å². The van der Waals surface area contributed by atoms with Gasteiger partial charge >= 0.3 is 82.6 Å². The Labute approximate surface area is 82.1 Å². The number of allylic oxidation sites excluding steroid dienone is 1. The molecule has 0 unspecified atom stereocenters. The first-order chi connectivity index (χ1) is 4.47. The van der Waals surface area contributed by atoms with Crippen LogP contribution in [0.25, 0.3) is 0 Å². The van der Waals surface area contributed by atoms with Crippen LogP contribution >= 0.6 is 0 Å². The maximum absolute atomic E-state index is 9.47. The minimum absolute atomic E-state index is 0.604. The van der Waals surface area contributed by atoms with Crippen LogP contribution in [-0.2, 0) is 48.8 Å². The van der Waals surface area contributed by atoms with Crippen molar-refractivity contribution < 1.29 is 51.7 Å². The van der Waals surface area contributed by atoms with Gasteiger partial charge < -0.3 is 0 Å². The van der Waals surface area contributed by atoms with Crippen LogP contribution in [-0.4, -0.2) is 21.1 Å². The van der Waals surface area contributed by atoms with Gasteiger partial charge in [0.25, 0.3) is 0 Å². The molecule has 58 valence electrons. The molecule has 0 radical (unpaired) electrons. The fraction of sp³-hybridized carbons (Fsp3) is 0. The molecule has 0 heterocycles. The predicted octanol–water partition coefficient (Wildman–Crippen LogP) is -0.618. The average Bonchev–Trinajstić information content (AvgIpc) is 1.87. The molecule has 0 aliphatic heterocycles. The van der Waals surface area contributed by atoms with Crippen LogP contribution in [0.1, 0.15) is 0 Å². The topological polar surface area (TPSA) is 54.4 Å². The first kappa shape index (κ1) is 13.4. The average molecular weight is 500 g/mol. The van der Waals surface area contributed by atoms with E-state index >= 15 is 0 Å². The van der Waals surface area contributed by atoms with E-state index in [2.05, 4.69) is 0 Å². The minimum atomic E-state index is -3.87. The quantitative estimate of drug-likeness (QED) is 0.407. The third kappa shape index (κ3) is 23.3. The second-order valence-corrected chi connectivity index (χ2v) is 4.78. The molecular formula is C4H4O3SW2-2. The molecule has 6 heteroatoms. The van der Waals surface area contributed by atoms with Gasteiger partial charge in [0.2, 0.25) is 0 Å². The van der Waals surface area contributed by atoms with Crippen molar-refractivity contribution >= 4 is 18.3 Å². The summed E-state index contributed by atoms with van der Waals surface area (Å²) in [5.74, 6) is 0. The van der Waals surface area contributed by atoms with Gasteiger partial charge in [0, 0.05) is 0 Å². The first-order valence-corrected chi connectivity index (χ1v) is 6.43. The summed E-state index contributed by atoms with van der Waals surface area (Å²) >= 11 is 2.00. The monoisotopic (exact) mass is 500 g/mol. The van der Waals surface area contributed by atoms with Crippen molar-refractivity contribution in [2.24, 2.45) is 0 Å². The standard InChI is InChI=1S/C3H3.CHO3S.2W/c1-3-2;1-5(2,3)4;;/h1-3H;(H,2,3,4);;/q2*-1;;. The Morgan fingerprint density at radius 1 is 1.60 bits per heavy atom. The Bertz CT molecular complexity index is 189. The van der Waals surface area contributed by atoms with Crippen molar-refractivity contribution in [2.45, 2.75) is 0 Å². The predicted molar refractivity (Wildman–Crippen MR) is 31.5 cm³/mol. The van der Waals surface area contributed by atoms with Crippen LogP contribution in [0.5, 0.6) is 0 Å². The Morgan fingerprint density at radius 3 is 1.80 bits per heavy atom. The van der Waals surface area contributed by atoms with E-state index in [-0.39, 0.29) is 0 Å². The van der Waals surface area contributed by atoms with Crippen molar-refractivity contribution in [3.8, 4) is 0 Å². The SMILES string of the molecule is O=S(=O)(O)[C-]=[W].[CH-]=C[CH]=[W]. The van der Waals surface area contributed by atoms with Crippen LogP contribution in [0.15, 0.2) is 6.08 Å². The molecule has 1 N–H and O–H groups in total. The van der Waals surface area contributed by atoms with E-state index in [0.717, 1.165) is 0 Å². The van der Waals surface area contributed by atoms with Gasteiger partial charge in [-0.25, -0.2) is 0 Å². The first-order valence-electron chi connectivity index (χ1n) is 1.83. The molecule has 0 aromatic rings. The van der Waals surface area contributed by atoms with Crippen molar-refractivity contribution in [1.29, 1.82) is 0 Å². The Morgan fingerprint density at radius 2 is 1.80 bits per heavy atom. The van der Waals surface area contributed by atoms with Crippen molar-refractivity contribution in [1.82, 2.24) is 0 Å². The van der Waals surface area contributed by atoms with E-state index in [0.29, 0.717) is 19.4 Å². The second-order valence-electron chi connectivity index (χ2n) is 0.887. The zero-order valence-electron chi connectivity index (χ0n) is 4.72. The van der Waals surface area contributed by atoms with Gasteiger partial charge in [-0.2, -0.15) is 0 Å². The summed E-state index contributed by atoms with van der Waals surface area (Å²) in [6.45, 7) is 4.87. The van der Waals surface area contributed by atoms with Crippen molar-refractivity contribution in [3.63, 3.8) is 0 Å². The van der Waals surface area contributed by atoms with E-state index < -0.39 is 10.1 Å². The van der Waals surface area contributed by atoms with Crippen LogP contribution in [0.3, 0.4) is 0 Å². The van der Waals surface area contributed by atoms with E-state index in [1.54, 1.807) is 3.73 Å². The van der Waals surface area contributed by atoms with Crippen LogP contribution in [0.4, 0.5) is 0 Å². The fourth-order valence-electron chi connectivity index (χ4n) is 0. The van der Waals surface area contributed by atoms with E-state index in [1.807, 2.05) is 4.40 Å². The molecule has 0 aliphatic rings. The van der Waals surface area contributed by atoms with Crippen LogP contribution in [0.2, 0.25) is 0 Å². The molecular weight excluding hydrogens is 496 g/mol. The van der Waals surface area contributed by atoms with Gasteiger partial charge in [-0.1, -0.05) is 0 Å². The zero-order chi connectivity index (χ0) is 8.62. The molecule has 0 rings (SSSR count). The third-order valence-corrected chi connectivity index (χ3v) is 3.23. The Balaban J connectivity index is 0. The van der Waals surface area contributed by atoms with Gasteiger partial charge in [0.1, 0.15) is 0 Å². The van der Waals surface area contributed by atoms with Crippen molar-refractivity contribution in [3.05, 3.63) is 12.7 Å². The molecule has 0 fully saturated rings. The van der Waals surface area contributed by atoms with Crippen LogP contribution in [0, 0.1) is 6.58 Å². The summed E-state index contributed by atoms with van der Waals surface area (Å²) in [4.78, 5) is 0. The molecule has 3 nitrogen and oxygen atoms in total. The van der Waals surface area contributed by atoms with E-state index in [9.17, 15) is 8.42 Å². The summed E-state index contributed by atoms with van der Waals surface area (Å²) in [5.41, 5.74) is 0. The summed E-state index contributed by atoms with van der Waals surface area (Å²) in [6, 6.07) is 0. The summed E-state index contributed by atoms with van der Waals surface area (Å²) < 4.78 is 30.2. The summed E-state index contributed by atoms with van der Waals surface area (Å²) in [5, 5.41) is 0. The summed E-state index contributed by atoms with van der Waals surface area (Å²) in [7, 11) is -3.87. The Hall–Kier alpha value is 0.767. The van der Waals surface area contributed by atoms with Gasteiger partial charge in [-0.05, 0) is 0 Å². The number of hydrogen-bond acceptors (Lipinski definition) is 2. The van der Waals surface area contributed by atoms with Crippen molar-refractivity contribution in [2.75, 3.05) is 0 Å². The Kier molecular flexibility index (Phi) is 10.5. The van der Waals surface area contributed by atoms with Gasteiger partial charge in [0.15, 0.2) is 0 Å². The molecule has 0 spiro atoms. The van der Waals surface area contributed by atoms with Gasteiger partial charge in [0.05, 0.1) is 0 Å². The molecule has 0 aliphatic carbocycles. The second kappa shape index (κ2) is 7.87. The molecule has 10 heavy (non-hydrogen) atoms. The van der Waals surface area contributed by atoms with Gasteiger partial charge in [-0.3, -0.25) is 0 Å². The molecule has 0 saturated heterocycles. The zero-order valence-corrected chi connectivity index (χ0v) is 11.4. The van der Waals surface area contributed by atoms with E-state index in [4.69, 9.17) is 11.1 Å². The molecule has 0 saturated carbocycles. The molecule has 0 bridgehead atoms. The summed E-state index contributed by atoms with van der Waals surface area (Å²) in [6.07, 6.45) is 1.54. The third-order valence-electron chi connectivity index (χ3n) is 0.184. The normalized spacial score (nSPS) is 8.50. The fourth-order valence-corrected chi connectivity index (χ4v) is 0. The van der Waals surface area contributed by atoms with Gasteiger partial charge in [-0.15, -0.1) is 0 Å². The maximum atomic E-state index is 9.47. The number of hydrogen-bond donors (Lipinski definition) is 1. The molecule has 0 atom stereocenters.